The number of piperazine rings is 1. The number of carbonyl (C=O) groups excluding carboxylic acids is 3. The van der Waals surface area contributed by atoms with Crippen molar-refractivity contribution in [3.8, 4) is 5.75 Å². The number of benzene rings is 2. The van der Waals surface area contributed by atoms with Crippen molar-refractivity contribution >= 4 is 17.7 Å². The Bertz CT molecular complexity index is 813. The van der Waals surface area contributed by atoms with E-state index in [2.05, 4.69) is 0 Å². The van der Waals surface area contributed by atoms with E-state index in [9.17, 15) is 14.4 Å². The zero-order valence-electron chi connectivity index (χ0n) is 14.8. The monoisotopic (exact) mass is 367 g/mol. The summed E-state index contributed by atoms with van der Waals surface area (Å²) < 4.78 is 5.19. The quantitative estimate of drug-likeness (QED) is 0.858. The van der Waals surface area contributed by atoms with Crippen LogP contribution in [0.25, 0.3) is 0 Å². The maximum atomic E-state index is 12.6. The molecule has 1 aliphatic rings. The first kappa shape index (κ1) is 18.4. The highest BCUT2D eigenvalue weighted by Crippen LogP contribution is 2.15. The van der Waals surface area contributed by atoms with Gasteiger partial charge < -0.3 is 20.3 Å². The maximum absolute atomic E-state index is 12.6. The smallest absolute Gasteiger partial charge is 0.255 e. The van der Waals surface area contributed by atoms with Gasteiger partial charge in [0.2, 0.25) is 0 Å². The fraction of sp³-hybridized carbons (Fsp3) is 0.250. The second kappa shape index (κ2) is 8.35. The summed E-state index contributed by atoms with van der Waals surface area (Å²) in [5.74, 6) is -0.191. The number of rotatable bonds is 5. The Morgan fingerprint density at radius 2 is 1.26 bits per heavy atom. The van der Waals surface area contributed by atoms with Crippen LogP contribution in [0.5, 0.6) is 5.75 Å². The highest BCUT2D eigenvalue weighted by molar-refractivity contribution is 5.96. The molecule has 7 nitrogen and oxygen atoms in total. The predicted octanol–water partition coefficient (Wildman–Crippen LogP) is 1.15. The van der Waals surface area contributed by atoms with Gasteiger partial charge in [-0.3, -0.25) is 14.4 Å². The molecule has 27 heavy (non-hydrogen) atoms. The molecule has 1 saturated heterocycles. The van der Waals surface area contributed by atoms with Gasteiger partial charge in [-0.05, 0) is 36.4 Å². The Morgan fingerprint density at radius 1 is 0.778 bits per heavy atom. The predicted molar refractivity (Wildman–Crippen MR) is 99.4 cm³/mol. The molecule has 1 aliphatic heterocycles. The van der Waals surface area contributed by atoms with Crippen molar-refractivity contribution in [2.45, 2.75) is 0 Å². The van der Waals surface area contributed by atoms with E-state index in [4.69, 9.17) is 10.5 Å². The van der Waals surface area contributed by atoms with E-state index < -0.39 is 5.91 Å². The number of hydrogen-bond acceptors (Lipinski definition) is 4. The molecule has 0 saturated carbocycles. The van der Waals surface area contributed by atoms with E-state index in [1.807, 2.05) is 18.2 Å². The third kappa shape index (κ3) is 4.63. The Balaban J connectivity index is 1.55. The summed E-state index contributed by atoms with van der Waals surface area (Å²) >= 11 is 0. The number of ether oxygens (including phenoxy) is 1. The van der Waals surface area contributed by atoms with Crippen molar-refractivity contribution in [1.29, 1.82) is 0 Å². The fourth-order valence-electron chi connectivity index (χ4n) is 2.91. The molecule has 7 heteroatoms. The Labute approximate surface area is 157 Å². The van der Waals surface area contributed by atoms with E-state index in [1.165, 1.54) is 0 Å². The van der Waals surface area contributed by atoms with Crippen LogP contribution in [-0.4, -0.2) is 60.3 Å². The molecule has 0 spiro atoms. The van der Waals surface area contributed by atoms with Crippen LogP contribution in [0.4, 0.5) is 0 Å². The normalized spacial score (nSPS) is 13.9. The molecular formula is C20H21N3O4. The van der Waals surface area contributed by atoms with Crippen LogP contribution in [0.15, 0.2) is 54.6 Å². The highest BCUT2D eigenvalue weighted by Gasteiger charge is 2.25. The average Bonchev–Trinajstić information content (AvgIpc) is 2.72. The molecule has 2 aromatic rings. The van der Waals surface area contributed by atoms with Gasteiger partial charge in [0.25, 0.3) is 17.7 Å². The van der Waals surface area contributed by atoms with Crippen LogP contribution in [0.3, 0.4) is 0 Å². The third-order valence-corrected chi connectivity index (χ3v) is 4.36. The van der Waals surface area contributed by atoms with Gasteiger partial charge in [-0.25, -0.2) is 0 Å². The van der Waals surface area contributed by atoms with Gasteiger partial charge in [0.1, 0.15) is 5.75 Å². The van der Waals surface area contributed by atoms with Crippen molar-refractivity contribution in [3.05, 3.63) is 65.7 Å². The minimum absolute atomic E-state index is 0.0151. The molecule has 3 amide bonds. The summed E-state index contributed by atoms with van der Waals surface area (Å²) in [5.41, 5.74) is 6.22. The SMILES string of the molecule is NC(=O)COc1ccc(C(=O)N2CCN(C(=O)c3ccccc3)CC2)cc1. The maximum Gasteiger partial charge on any atom is 0.255 e. The van der Waals surface area contributed by atoms with Gasteiger partial charge in [-0.1, -0.05) is 18.2 Å². The fourth-order valence-corrected chi connectivity index (χ4v) is 2.91. The molecule has 0 aromatic heterocycles. The standard InChI is InChI=1S/C20H21N3O4/c21-18(24)14-27-17-8-6-16(7-9-17)20(26)23-12-10-22(11-13-23)19(25)15-4-2-1-3-5-15/h1-9H,10-14H2,(H2,21,24). The number of primary amides is 1. The Morgan fingerprint density at radius 3 is 1.74 bits per heavy atom. The van der Waals surface area contributed by atoms with Crippen molar-refractivity contribution in [2.24, 2.45) is 5.73 Å². The minimum Gasteiger partial charge on any atom is -0.484 e. The minimum atomic E-state index is -0.557. The van der Waals surface area contributed by atoms with Crippen LogP contribution in [0.2, 0.25) is 0 Å². The van der Waals surface area contributed by atoms with Gasteiger partial charge in [-0.2, -0.15) is 0 Å². The number of amides is 3. The van der Waals surface area contributed by atoms with Crippen molar-refractivity contribution < 1.29 is 19.1 Å². The van der Waals surface area contributed by atoms with Gasteiger partial charge in [0, 0.05) is 37.3 Å². The topological polar surface area (TPSA) is 92.9 Å². The van der Waals surface area contributed by atoms with E-state index in [1.54, 1.807) is 46.2 Å². The van der Waals surface area contributed by atoms with E-state index >= 15 is 0 Å². The largest absolute Gasteiger partial charge is 0.484 e. The van der Waals surface area contributed by atoms with Crippen LogP contribution < -0.4 is 10.5 Å². The summed E-state index contributed by atoms with van der Waals surface area (Å²) in [6, 6.07) is 15.7. The molecule has 2 N–H and O–H groups in total. The number of nitrogens with two attached hydrogens (primary N) is 1. The second-order valence-corrected chi connectivity index (χ2v) is 6.23. The highest BCUT2D eigenvalue weighted by atomic mass is 16.5. The summed E-state index contributed by atoms with van der Waals surface area (Å²) in [5, 5.41) is 0. The molecule has 0 aliphatic carbocycles. The first-order valence-electron chi connectivity index (χ1n) is 8.69. The first-order valence-corrected chi connectivity index (χ1v) is 8.69. The summed E-state index contributed by atoms with van der Waals surface area (Å²) in [6.45, 7) is 1.76. The summed E-state index contributed by atoms with van der Waals surface area (Å²) in [6.07, 6.45) is 0. The van der Waals surface area contributed by atoms with Crippen LogP contribution >= 0.6 is 0 Å². The molecule has 1 heterocycles. The molecule has 140 valence electrons. The van der Waals surface area contributed by atoms with Crippen LogP contribution in [0, 0.1) is 0 Å². The Kier molecular flexibility index (Phi) is 5.71. The van der Waals surface area contributed by atoms with Gasteiger partial charge >= 0.3 is 0 Å². The van der Waals surface area contributed by atoms with Gasteiger partial charge in [0.05, 0.1) is 0 Å². The number of hydrogen-bond donors (Lipinski definition) is 1. The van der Waals surface area contributed by atoms with Crippen LogP contribution in [-0.2, 0) is 4.79 Å². The summed E-state index contributed by atoms with van der Waals surface area (Å²) in [7, 11) is 0. The lowest BCUT2D eigenvalue weighted by Crippen LogP contribution is -2.50. The molecule has 0 bridgehead atoms. The third-order valence-electron chi connectivity index (χ3n) is 4.36. The van der Waals surface area contributed by atoms with E-state index in [0.717, 1.165) is 0 Å². The second-order valence-electron chi connectivity index (χ2n) is 6.23. The van der Waals surface area contributed by atoms with Gasteiger partial charge in [0.15, 0.2) is 6.61 Å². The van der Waals surface area contributed by atoms with Gasteiger partial charge in [-0.15, -0.1) is 0 Å². The molecule has 1 fully saturated rings. The lowest BCUT2D eigenvalue weighted by molar-refractivity contribution is -0.119. The van der Waals surface area contributed by atoms with Crippen LogP contribution in [0.1, 0.15) is 20.7 Å². The van der Waals surface area contributed by atoms with E-state index in [-0.39, 0.29) is 18.4 Å². The zero-order valence-corrected chi connectivity index (χ0v) is 14.8. The molecule has 3 rings (SSSR count). The molecule has 0 atom stereocenters. The zero-order chi connectivity index (χ0) is 19.2. The Hall–Kier alpha value is -3.35. The lowest BCUT2D eigenvalue weighted by Gasteiger charge is -2.34. The molecule has 0 unspecified atom stereocenters. The number of carbonyl (C=O) groups is 3. The molecule has 2 aromatic carbocycles. The van der Waals surface area contributed by atoms with E-state index in [0.29, 0.717) is 43.1 Å². The molecular weight excluding hydrogens is 346 g/mol. The van der Waals surface area contributed by atoms with Crippen molar-refractivity contribution in [3.63, 3.8) is 0 Å². The first-order chi connectivity index (χ1) is 13.0. The van der Waals surface area contributed by atoms with Crippen molar-refractivity contribution in [2.75, 3.05) is 32.8 Å². The number of nitrogens with zero attached hydrogens (tertiary/aromatic N) is 2. The average molecular weight is 367 g/mol. The molecule has 0 radical (unpaired) electrons. The van der Waals surface area contributed by atoms with Crippen molar-refractivity contribution in [1.82, 2.24) is 9.80 Å². The lowest BCUT2D eigenvalue weighted by atomic mass is 10.1. The summed E-state index contributed by atoms with van der Waals surface area (Å²) in [4.78, 5) is 39.3.